The largest absolute Gasteiger partial charge is 0.316 e. The van der Waals surface area contributed by atoms with Crippen LogP contribution in [0.2, 0.25) is 0 Å². The molecule has 2 heteroatoms. The van der Waals surface area contributed by atoms with E-state index in [0.717, 1.165) is 19.5 Å². The van der Waals surface area contributed by atoms with Gasteiger partial charge in [0.1, 0.15) is 0 Å². The van der Waals surface area contributed by atoms with Crippen molar-refractivity contribution >= 4 is 11.3 Å². The molecule has 1 heterocycles. The van der Waals surface area contributed by atoms with Gasteiger partial charge in [0, 0.05) is 12.0 Å². The van der Waals surface area contributed by atoms with Gasteiger partial charge in [0.15, 0.2) is 0 Å². The smallest absolute Gasteiger partial charge is 0.00431 e. The van der Waals surface area contributed by atoms with Gasteiger partial charge in [-0.15, -0.1) is 6.58 Å². The van der Waals surface area contributed by atoms with Crippen LogP contribution in [0, 0.1) is 11.3 Å². The van der Waals surface area contributed by atoms with E-state index in [-0.39, 0.29) is 5.41 Å². The fraction of sp³-hybridized carbons (Fsp3) is 0.571. The molecule has 1 aromatic heterocycles. The van der Waals surface area contributed by atoms with Gasteiger partial charge in [-0.1, -0.05) is 26.8 Å². The third-order valence-electron chi connectivity index (χ3n) is 2.76. The molecule has 0 spiro atoms. The summed E-state index contributed by atoms with van der Waals surface area (Å²) in [6.45, 7) is 12.8. The highest BCUT2D eigenvalue weighted by Crippen LogP contribution is 2.24. The molecule has 0 bridgehead atoms. The molecule has 0 amide bonds. The lowest BCUT2D eigenvalue weighted by Crippen LogP contribution is -2.33. The van der Waals surface area contributed by atoms with Gasteiger partial charge in [0.25, 0.3) is 0 Å². The van der Waals surface area contributed by atoms with Crippen molar-refractivity contribution in [3.63, 3.8) is 0 Å². The minimum absolute atomic E-state index is 0.163. The molecule has 0 fully saturated rings. The molecule has 1 unspecified atom stereocenters. The van der Waals surface area contributed by atoms with Crippen molar-refractivity contribution in [1.82, 2.24) is 5.32 Å². The van der Waals surface area contributed by atoms with Crippen molar-refractivity contribution < 1.29 is 0 Å². The van der Waals surface area contributed by atoms with Crippen molar-refractivity contribution in [1.29, 1.82) is 0 Å². The maximum Gasteiger partial charge on any atom is 0.00431 e. The van der Waals surface area contributed by atoms with Crippen LogP contribution < -0.4 is 5.32 Å². The van der Waals surface area contributed by atoms with Gasteiger partial charge in [-0.3, -0.25) is 0 Å². The van der Waals surface area contributed by atoms with E-state index >= 15 is 0 Å². The van der Waals surface area contributed by atoms with Gasteiger partial charge in [-0.2, -0.15) is 11.3 Å². The predicted molar refractivity (Wildman–Crippen MR) is 74.0 cm³/mol. The van der Waals surface area contributed by atoms with Crippen LogP contribution in [0.5, 0.6) is 0 Å². The normalized spacial score (nSPS) is 15.0. The first-order chi connectivity index (χ1) is 7.56. The zero-order chi connectivity index (χ0) is 12.0. The molecule has 16 heavy (non-hydrogen) atoms. The van der Waals surface area contributed by atoms with Crippen molar-refractivity contribution in [2.45, 2.75) is 27.2 Å². The van der Waals surface area contributed by atoms with Crippen LogP contribution in [-0.4, -0.2) is 13.1 Å². The van der Waals surface area contributed by atoms with Crippen LogP contribution in [0.1, 0.15) is 26.3 Å². The van der Waals surface area contributed by atoms with Crippen LogP contribution in [0.4, 0.5) is 0 Å². The second-order valence-corrected chi connectivity index (χ2v) is 5.97. The summed E-state index contributed by atoms with van der Waals surface area (Å²) in [5.41, 5.74) is 1.58. The Kier molecular flexibility index (Phi) is 5.23. The number of thiophene rings is 1. The lowest BCUT2D eigenvalue weighted by atomic mass is 9.84. The molecule has 0 aromatic carbocycles. The van der Waals surface area contributed by atoms with E-state index in [2.05, 4.69) is 55.6 Å². The highest BCUT2D eigenvalue weighted by atomic mass is 32.1. The summed E-state index contributed by atoms with van der Waals surface area (Å²) in [7, 11) is 0. The fourth-order valence-corrected chi connectivity index (χ4v) is 2.38. The topological polar surface area (TPSA) is 12.0 Å². The molecule has 0 aliphatic rings. The van der Waals surface area contributed by atoms with E-state index in [4.69, 9.17) is 0 Å². The highest BCUT2D eigenvalue weighted by molar-refractivity contribution is 7.07. The SMILES string of the molecule is C=CC(C)(CNCC(C)C)Cc1ccsc1. The van der Waals surface area contributed by atoms with Crippen LogP contribution in [0.3, 0.4) is 0 Å². The average Bonchev–Trinajstić information content (AvgIpc) is 2.69. The number of hydrogen-bond acceptors (Lipinski definition) is 2. The molecular formula is C14H23NS. The zero-order valence-electron chi connectivity index (χ0n) is 10.6. The molecule has 90 valence electrons. The molecule has 1 atom stereocenters. The first-order valence-corrected chi connectivity index (χ1v) is 6.85. The number of nitrogens with one attached hydrogen (secondary N) is 1. The molecule has 1 nitrogen and oxygen atoms in total. The maximum atomic E-state index is 3.97. The fourth-order valence-electron chi connectivity index (χ4n) is 1.71. The summed E-state index contributed by atoms with van der Waals surface area (Å²) in [6, 6.07) is 2.20. The minimum Gasteiger partial charge on any atom is -0.316 e. The van der Waals surface area contributed by atoms with E-state index in [9.17, 15) is 0 Å². The van der Waals surface area contributed by atoms with Crippen LogP contribution >= 0.6 is 11.3 Å². The first-order valence-electron chi connectivity index (χ1n) is 5.91. The van der Waals surface area contributed by atoms with Crippen molar-refractivity contribution in [2.75, 3.05) is 13.1 Å². The molecule has 0 saturated carbocycles. The van der Waals surface area contributed by atoms with E-state index < -0.39 is 0 Å². The van der Waals surface area contributed by atoms with Crippen LogP contribution in [0.15, 0.2) is 29.5 Å². The van der Waals surface area contributed by atoms with Gasteiger partial charge in [-0.05, 0) is 41.3 Å². The Bertz CT molecular complexity index is 303. The number of hydrogen-bond donors (Lipinski definition) is 1. The van der Waals surface area contributed by atoms with Gasteiger partial charge in [0.2, 0.25) is 0 Å². The monoisotopic (exact) mass is 237 g/mol. The molecule has 1 aromatic rings. The van der Waals surface area contributed by atoms with E-state index in [0.29, 0.717) is 5.92 Å². The second-order valence-electron chi connectivity index (χ2n) is 5.19. The molecular weight excluding hydrogens is 214 g/mol. The predicted octanol–water partition coefficient (Wildman–Crippen LogP) is 3.73. The van der Waals surface area contributed by atoms with Crippen molar-refractivity contribution in [2.24, 2.45) is 11.3 Å². The van der Waals surface area contributed by atoms with Crippen molar-refractivity contribution in [3.8, 4) is 0 Å². The summed E-state index contributed by atoms with van der Waals surface area (Å²) in [6.07, 6.45) is 3.16. The summed E-state index contributed by atoms with van der Waals surface area (Å²) >= 11 is 1.76. The number of rotatable bonds is 7. The summed E-state index contributed by atoms with van der Waals surface area (Å²) in [5.74, 6) is 0.704. The Labute approximate surface area is 104 Å². The zero-order valence-corrected chi connectivity index (χ0v) is 11.4. The van der Waals surface area contributed by atoms with Gasteiger partial charge < -0.3 is 5.32 Å². The first kappa shape index (κ1) is 13.5. The molecule has 0 aliphatic heterocycles. The Balaban J connectivity index is 2.46. The summed E-state index contributed by atoms with van der Waals surface area (Å²) in [4.78, 5) is 0. The lowest BCUT2D eigenvalue weighted by molar-refractivity contribution is 0.378. The standard InChI is InChI=1S/C14H23NS/c1-5-14(4,11-15-9-12(2)3)8-13-6-7-16-10-13/h5-7,10,12,15H,1,8-9,11H2,2-4H3. The van der Waals surface area contributed by atoms with E-state index in [1.165, 1.54) is 5.56 Å². The average molecular weight is 237 g/mol. The van der Waals surface area contributed by atoms with Gasteiger partial charge in [-0.25, -0.2) is 0 Å². The minimum atomic E-state index is 0.163. The molecule has 0 aliphatic carbocycles. The maximum absolute atomic E-state index is 3.97. The molecule has 0 radical (unpaired) electrons. The molecule has 1 N–H and O–H groups in total. The Morgan fingerprint density at radius 2 is 2.31 bits per heavy atom. The summed E-state index contributed by atoms with van der Waals surface area (Å²) < 4.78 is 0. The Morgan fingerprint density at radius 1 is 1.56 bits per heavy atom. The van der Waals surface area contributed by atoms with Gasteiger partial charge >= 0.3 is 0 Å². The summed E-state index contributed by atoms with van der Waals surface area (Å²) in [5, 5.41) is 7.89. The second kappa shape index (κ2) is 6.21. The molecule has 1 rings (SSSR count). The van der Waals surface area contributed by atoms with Gasteiger partial charge in [0.05, 0.1) is 0 Å². The quantitative estimate of drug-likeness (QED) is 0.713. The van der Waals surface area contributed by atoms with Crippen molar-refractivity contribution in [3.05, 3.63) is 35.0 Å². The van der Waals surface area contributed by atoms with Crippen LogP contribution in [0.25, 0.3) is 0 Å². The third-order valence-corrected chi connectivity index (χ3v) is 3.49. The third kappa shape index (κ3) is 4.50. The highest BCUT2D eigenvalue weighted by Gasteiger charge is 2.20. The Hall–Kier alpha value is -0.600. The Morgan fingerprint density at radius 3 is 2.81 bits per heavy atom. The lowest BCUT2D eigenvalue weighted by Gasteiger charge is -2.26. The van der Waals surface area contributed by atoms with Crippen LogP contribution in [-0.2, 0) is 6.42 Å². The van der Waals surface area contributed by atoms with E-state index in [1.807, 2.05) is 0 Å². The molecule has 0 saturated heterocycles. The van der Waals surface area contributed by atoms with E-state index in [1.54, 1.807) is 11.3 Å².